The summed E-state index contributed by atoms with van der Waals surface area (Å²) in [5.74, 6) is 1.21. The van der Waals surface area contributed by atoms with E-state index in [1.807, 2.05) is 24.3 Å². The Morgan fingerprint density at radius 2 is 2.00 bits per heavy atom. The first kappa shape index (κ1) is 12.8. The summed E-state index contributed by atoms with van der Waals surface area (Å²) in [6.07, 6.45) is 2.62. The van der Waals surface area contributed by atoms with E-state index in [9.17, 15) is 0 Å². The van der Waals surface area contributed by atoms with E-state index in [4.69, 9.17) is 0 Å². The fraction of sp³-hybridized carbons (Fsp3) is 0.250. The zero-order valence-corrected chi connectivity index (χ0v) is 11.6. The highest BCUT2D eigenvalue weighted by molar-refractivity contribution is 9.10. The summed E-state index contributed by atoms with van der Waals surface area (Å²) in [4.78, 5) is 4.32. The topological polar surface area (TPSA) is 62.7 Å². The predicted octanol–water partition coefficient (Wildman–Crippen LogP) is 3.20. The van der Waals surface area contributed by atoms with Gasteiger partial charge in [-0.3, -0.25) is 0 Å². The van der Waals surface area contributed by atoms with E-state index < -0.39 is 0 Å². The van der Waals surface area contributed by atoms with Crippen LogP contribution in [0.2, 0.25) is 0 Å². The molecule has 2 N–H and O–H groups in total. The van der Waals surface area contributed by atoms with Gasteiger partial charge in [0, 0.05) is 16.7 Å². The second-order valence-electron chi connectivity index (χ2n) is 3.72. The number of halogens is 1. The third-order valence-electron chi connectivity index (χ3n) is 2.21. The number of benzene rings is 1. The zero-order chi connectivity index (χ0) is 12.8. The molecule has 0 aliphatic heterocycles. The van der Waals surface area contributed by atoms with Crippen LogP contribution in [-0.2, 0) is 0 Å². The lowest BCUT2D eigenvalue weighted by Crippen LogP contribution is -2.06. The molecule has 0 atom stereocenters. The van der Waals surface area contributed by atoms with E-state index in [0.29, 0.717) is 11.8 Å². The SMILES string of the molecule is CCCNc1nncc(Nc2ccc(Br)cc2)n1. The van der Waals surface area contributed by atoms with Gasteiger partial charge in [0.2, 0.25) is 5.95 Å². The molecule has 1 heterocycles. The number of hydrogen-bond acceptors (Lipinski definition) is 5. The smallest absolute Gasteiger partial charge is 0.244 e. The number of nitrogens with zero attached hydrogens (tertiary/aromatic N) is 3. The molecule has 0 aliphatic rings. The molecule has 0 radical (unpaired) electrons. The normalized spacial score (nSPS) is 10.1. The highest BCUT2D eigenvalue weighted by Gasteiger charge is 2.00. The van der Waals surface area contributed by atoms with Crippen LogP contribution in [-0.4, -0.2) is 21.7 Å². The molecule has 0 saturated carbocycles. The fourth-order valence-electron chi connectivity index (χ4n) is 1.36. The standard InChI is InChI=1S/C12H14BrN5/c1-2-7-14-12-17-11(8-15-18-12)16-10-5-3-9(13)4-6-10/h3-6,8H,2,7H2,1H3,(H2,14,16,17,18). The van der Waals surface area contributed by atoms with Crippen molar-refractivity contribution in [2.75, 3.05) is 17.2 Å². The second kappa shape index (κ2) is 6.30. The van der Waals surface area contributed by atoms with Crippen LogP contribution in [0.3, 0.4) is 0 Å². The average Bonchev–Trinajstić information content (AvgIpc) is 2.40. The van der Waals surface area contributed by atoms with Gasteiger partial charge in [0.1, 0.15) is 0 Å². The van der Waals surface area contributed by atoms with Gasteiger partial charge in [0.15, 0.2) is 5.82 Å². The van der Waals surface area contributed by atoms with Crippen molar-refractivity contribution in [2.24, 2.45) is 0 Å². The van der Waals surface area contributed by atoms with E-state index in [0.717, 1.165) is 23.1 Å². The molecule has 0 fully saturated rings. The molecule has 2 aromatic rings. The number of hydrogen-bond donors (Lipinski definition) is 2. The van der Waals surface area contributed by atoms with Crippen LogP contribution in [0.1, 0.15) is 13.3 Å². The maximum Gasteiger partial charge on any atom is 0.244 e. The quantitative estimate of drug-likeness (QED) is 0.888. The lowest BCUT2D eigenvalue weighted by Gasteiger charge is -2.07. The van der Waals surface area contributed by atoms with Gasteiger partial charge in [-0.15, -0.1) is 5.10 Å². The third kappa shape index (κ3) is 3.66. The lowest BCUT2D eigenvalue weighted by molar-refractivity contribution is 0.913. The first-order chi connectivity index (χ1) is 8.78. The van der Waals surface area contributed by atoms with Crippen molar-refractivity contribution in [3.8, 4) is 0 Å². The Morgan fingerprint density at radius 3 is 2.72 bits per heavy atom. The number of rotatable bonds is 5. The van der Waals surface area contributed by atoms with Crippen LogP contribution < -0.4 is 10.6 Å². The van der Waals surface area contributed by atoms with Crippen molar-refractivity contribution < 1.29 is 0 Å². The van der Waals surface area contributed by atoms with E-state index in [-0.39, 0.29) is 0 Å². The average molecular weight is 308 g/mol. The van der Waals surface area contributed by atoms with Crippen LogP contribution in [0.5, 0.6) is 0 Å². The van der Waals surface area contributed by atoms with Gasteiger partial charge in [-0.2, -0.15) is 10.1 Å². The third-order valence-corrected chi connectivity index (χ3v) is 2.74. The van der Waals surface area contributed by atoms with Gasteiger partial charge in [0.25, 0.3) is 0 Å². The van der Waals surface area contributed by atoms with Crippen LogP contribution in [0, 0.1) is 0 Å². The van der Waals surface area contributed by atoms with E-state index in [1.54, 1.807) is 6.20 Å². The Labute approximate surface area is 114 Å². The summed E-state index contributed by atoms with van der Waals surface area (Å²) < 4.78 is 1.04. The summed E-state index contributed by atoms with van der Waals surface area (Å²) in [6, 6.07) is 7.86. The Balaban J connectivity index is 2.06. The summed E-state index contributed by atoms with van der Waals surface area (Å²) >= 11 is 3.40. The summed E-state index contributed by atoms with van der Waals surface area (Å²) in [7, 11) is 0. The molecule has 0 amide bonds. The van der Waals surface area contributed by atoms with Crippen molar-refractivity contribution in [2.45, 2.75) is 13.3 Å². The van der Waals surface area contributed by atoms with Gasteiger partial charge in [-0.05, 0) is 30.7 Å². The largest absolute Gasteiger partial charge is 0.353 e. The summed E-state index contributed by atoms with van der Waals surface area (Å²) in [6.45, 7) is 2.92. The Hall–Kier alpha value is -1.69. The van der Waals surface area contributed by atoms with E-state index in [1.165, 1.54) is 0 Å². The van der Waals surface area contributed by atoms with Crippen LogP contribution >= 0.6 is 15.9 Å². The summed E-state index contributed by atoms with van der Waals surface area (Å²) in [5, 5.41) is 14.1. The molecule has 0 aliphatic carbocycles. The lowest BCUT2D eigenvalue weighted by atomic mass is 10.3. The van der Waals surface area contributed by atoms with Crippen molar-refractivity contribution in [3.63, 3.8) is 0 Å². The first-order valence-corrected chi connectivity index (χ1v) is 6.53. The molecule has 1 aromatic heterocycles. The molecule has 0 bridgehead atoms. The van der Waals surface area contributed by atoms with Crippen molar-refractivity contribution >= 4 is 33.4 Å². The minimum absolute atomic E-state index is 0.541. The molecule has 0 unspecified atom stereocenters. The Kier molecular flexibility index (Phi) is 4.46. The minimum Gasteiger partial charge on any atom is -0.353 e. The van der Waals surface area contributed by atoms with Gasteiger partial charge < -0.3 is 10.6 Å². The molecule has 6 heteroatoms. The molecular formula is C12H14BrN5. The van der Waals surface area contributed by atoms with Crippen LogP contribution in [0.25, 0.3) is 0 Å². The second-order valence-corrected chi connectivity index (χ2v) is 4.64. The Morgan fingerprint density at radius 1 is 1.22 bits per heavy atom. The zero-order valence-electron chi connectivity index (χ0n) is 10.0. The van der Waals surface area contributed by atoms with Crippen molar-refractivity contribution in [1.82, 2.24) is 15.2 Å². The molecule has 0 saturated heterocycles. The fourth-order valence-corrected chi connectivity index (χ4v) is 1.62. The van der Waals surface area contributed by atoms with Crippen LogP contribution in [0.15, 0.2) is 34.9 Å². The minimum atomic E-state index is 0.541. The molecule has 0 spiro atoms. The van der Waals surface area contributed by atoms with Crippen molar-refractivity contribution in [3.05, 3.63) is 34.9 Å². The maximum absolute atomic E-state index is 4.32. The molecule has 2 rings (SSSR count). The number of nitrogens with one attached hydrogen (secondary N) is 2. The highest BCUT2D eigenvalue weighted by Crippen LogP contribution is 2.17. The number of aromatic nitrogens is 3. The Bertz CT molecular complexity index is 500. The monoisotopic (exact) mass is 307 g/mol. The van der Waals surface area contributed by atoms with Gasteiger partial charge in [-0.1, -0.05) is 22.9 Å². The summed E-state index contributed by atoms with van der Waals surface area (Å²) in [5.41, 5.74) is 0.958. The maximum atomic E-state index is 4.32. The molecular weight excluding hydrogens is 294 g/mol. The van der Waals surface area contributed by atoms with E-state index >= 15 is 0 Å². The van der Waals surface area contributed by atoms with Gasteiger partial charge >= 0.3 is 0 Å². The van der Waals surface area contributed by atoms with Crippen molar-refractivity contribution in [1.29, 1.82) is 0 Å². The highest BCUT2D eigenvalue weighted by atomic mass is 79.9. The number of anilines is 3. The predicted molar refractivity (Wildman–Crippen MR) is 76.0 cm³/mol. The van der Waals surface area contributed by atoms with E-state index in [2.05, 4.69) is 48.7 Å². The first-order valence-electron chi connectivity index (χ1n) is 5.74. The molecule has 94 valence electrons. The van der Waals surface area contributed by atoms with Gasteiger partial charge in [0.05, 0.1) is 6.20 Å². The van der Waals surface area contributed by atoms with Gasteiger partial charge in [-0.25, -0.2) is 0 Å². The van der Waals surface area contributed by atoms with Crippen LogP contribution in [0.4, 0.5) is 17.5 Å². The molecule has 1 aromatic carbocycles. The molecule has 18 heavy (non-hydrogen) atoms. The molecule has 5 nitrogen and oxygen atoms in total.